The highest BCUT2D eigenvalue weighted by Gasteiger charge is 2.07. The van der Waals surface area contributed by atoms with E-state index in [4.69, 9.17) is 10.5 Å². The molecule has 0 saturated carbocycles. The van der Waals surface area contributed by atoms with Crippen molar-refractivity contribution >= 4 is 0 Å². The molecule has 1 aromatic carbocycles. The van der Waals surface area contributed by atoms with E-state index in [9.17, 15) is 0 Å². The van der Waals surface area contributed by atoms with E-state index in [0.717, 1.165) is 5.75 Å². The molecule has 0 aliphatic carbocycles. The third kappa shape index (κ3) is 3.38. The summed E-state index contributed by atoms with van der Waals surface area (Å²) in [7, 11) is 0. The first-order valence-electron chi connectivity index (χ1n) is 5.04. The zero-order valence-corrected chi connectivity index (χ0v) is 9.16. The maximum atomic E-state index is 5.87. The van der Waals surface area contributed by atoms with E-state index in [1.165, 1.54) is 5.56 Å². The molecule has 0 radical (unpaired) electrons. The Morgan fingerprint density at radius 3 is 2.29 bits per heavy atom. The molecule has 0 saturated heterocycles. The van der Waals surface area contributed by atoms with Gasteiger partial charge in [-0.25, -0.2) is 0 Å². The van der Waals surface area contributed by atoms with Crippen molar-refractivity contribution in [3.63, 3.8) is 0 Å². The van der Waals surface area contributed by atoms with Gasteiger partial charge < -0.3 is 10.5 Å². The van der Waals surface area contributed by atoms with Gasteiger partial charge in [-0.3, -0.25) is 0 Å². The smallest absolute Gasteiger partial charge is 0.119 e. The quantitative estimate of drug-likeness (QED) is 0.796. The average Bonchev–Trinajstić information content (AvgIpc) is 2.16. The second-order valence-electron chi connectivity index (χ2n) is 4.03. The molecule has 1 atom stereocenters. The first-order chi connectivity index (χ1) is 6.59. The van der Waals surface area contributed by atoms with E-state index in [-0.39, 0.29) is 6.04 Å². The van der Waals surface area contributed by atoms with Crippen molar-refractivity contribution in [3.8, 4) is 5.75 Å². The van der Waals surface area contributed by atoms with Crippen LogP contribution in [0.2, 0.25) is 0 Å². The summed E-state index contributed by atoms with van der Waals surface area (Å²) in [4.78, 5) is 0. The van der Waals surface area contributed by atoms with E-state index < -0.39 is 0 Å². The van der Waals surface area contributed by atoms with Crippen LogP contribution in [0, 0.1) is 12.8 Å². The highest BCUT2D eigenvalue weighted by molar-refractivity contribution is 5.26. The Hall–Kier alpha value is -1.02. The van der Waals surface area contributed by atoms with E-state index in [1.54, 1.807) is 0 Å². The van der Waals surface area contributed by atoms with Gasteiger partial charge in [0.15, 0.2) is 0 Å². The maximum absolute atomic E-state index is 5.87. The lowest BCUT2D eigenvalue weighted by atomic mass is 10.1. The first-order valence-corrected chi connectivity index (χ1v) is 5.04. The monoisotopic (exact) mass is 193 g/mol. The van der Waals surface area contributed by atoms with E-state index in [2.05, 4.69) is 20.8 Å². The van der Waals surface area contributed by atoms with Crippen molar-refractivity contribution < 1.29 is 4.74 Å². The van der Waals surface area contributed by atoms with Crippen LogP contribution in [0.15, 0.2) is 24.3 Å². The van der Waals surface area contributed by atoms with Crippen LogP contribution in [0.5, 0.6) is 5.75 Å². The topological polar surface area (TPSA) is 35.2 Å². The Labute approximate surface area is 86.1 Å². The average molecular weight is 193 g/mol. The number of aryl methyl sites for hydroxylation is 1. The zero-order valence-electron chi connectivity index (χ0n) is 9.16. The van der Waals surface area contributed by atoms with Gasteiger partial charge in [0.2, 0.25) is 0 Å². The fraction of sp³-hybridized carbons (Fsp3) is 0.500. The highest BCUT2D eigenvalue weighted by atomic mass is 16.5. The molecule has 1 rings (SSSR count). The SMILES string of the molecule is Cc1ccc(OC[C@@H](N)C(C)C)cc1. The fourth-order valence-electron chi connectivity index (χ4n) is 1.02. The van der Waals surface area contributed by atoms with Gasteiger partial charge in [0, 0.05) is 6.04 Å². The number of ether oxygens (including phenoxy) is 1. The molecule has 0 spiro atoms. The largest absolute Gasteiger partial charge is 0.492 e. The molecule has 0 aliphatic rings. The molecule has 2 nitrogen and oxygen atoms in total. The second-order valence-corrected chi connectivity index (χ2v) is 4.03. The molecule has 1 aromatic rings. The van der Waals surface area contributed by atoms with E-state index in [1.807, 2.05) is 24.3 Å². The van der Waals surface area contributed by atoms with Crippen LogP contribution in [0.25, 0.3) is 0 Å². The Bertz CT molecular complexity index is 266. The summed E-state index contributed by atoms with van der Waals surface area (Å²) in [6.45, 7) is 6.84. The molecule has 2 heteroatoms. The highest BCUT2D eigenvalue weighted by Crippen LogP contribution is 2.12. The van der Waals surface area contributed by atoms with E-state index in [0.29, 0.717) is 12.5 Å². The van der Waals surface area contributed by atoms with Crippen LogP contribution in [-0.4, -0.2) is 12.6 Å². The van der Waals surface area contributed by atoms with Gasteiger partial charge in [-0.1, -0.05) is 31.5 Å². The van der Waals surface area contributed by atoms with Crippen molar-refractivity contribution in [2.24, 2.45) is 11.7 Å². The number of nitrogens with two attached hydrogens (primary N) is 1. The minimum absolute atomic E-state index is 0.108. The van der Waals surface area contributed by atoms with Crippen LogP contribution < -0.4 is 10.5 Å². The predicted molar refractivity (Wildman–Crippen MR) is 59.5 cm³/mol. The van der Waals surface area contributed by atoms with Crippen molar-refractivity contribution in [3.05, 3.63) is 29.8 Å². The third-order valence-electron chi connectivity index (χ3n) is 2.32. The summed E-state index contributed by atoms with van der Waals surface area (Å²) in [5.74, 6) is 1.35. The minimum atomic E-state index is 0.108. The summed E-state index contributed by atoms with van der Waals surface area (Å²) >= 11 is 0. The van der Waals surface area contributed by atoms with E-state index >= 15 is 0 Å². The maximum Gasteiger partial charge on any atom is 0.119 e. The molecular formula is C12H19NO. The Kier molecular flexibility index (Phi) is 3.96. The van der Waals surface area contributed by atoms with Gasteiger partial charge in [-0.05, 0) is 25.0 Å². The van der Waals surface area contributed by atoms with Crippen LogP contribution in [0.3, 0.4) is 0 Å². The van der Waals surface area contributed by atoms with Crippen molar-refractivity contribution in [2.45, 2.75) is 26.8 Å². The van der Waals surface area contributed by atoms with Gasteiger partial charge >= 0.3 is 0 Å². The summed E-state index contributed by atoms with van der Waals surface area (Å²) < 4.78 is 5.56. The summed E-state index contributed by atoms with van der Waals surface area (Å²) in [5.41, 5.74) is 7.11. The zero-order chi connectivity index (χ0) is 10.6. The molecule has 2 N–H and O–H groups in total. The molecular weight excluding hydrogens is 174 g/mol. The Morgan fingerprint density at radius 2 is 1.79 bits per heavy atom. The number of rotatable bonds is 4. The van der Waals surface area contributed by atoms with Crippen LogP contribution >= 0.6 is 0 Å². The summed E-state index contributed by atoms with van der Waals surface area (Å²) in [6.07, 6.45) is 0. The second kappa shape index (κ2) is 5.01. The van der Waals surface area contributed by atoms with Gasteiger partial charge in [-0.2, -0.15) is 0 Å². The Balaban J connectivity index is 2.42. The third-order valence-corrected chi connectivity index (χ3v) is 2.32. The van der Waals surface area contributed by atoms with Gasteiger partial charge in [0.25, 0.3) is 0 Å². The molecule has 0 aliphatic heterocycles. The number of hydrogen-bond acceptors (Lipinski definition) is 2. The van der Waals surface area contributed by atoms with Crippen molar-refractivity contribution in [1.82, 2.24) is 0 Å². The van der Waals surface area contributed by atoms with Crippen molar-refractivity contribution in [2.75, 3.05) is 6.61 Å². The predicted octanol–water partition coefficient (Wildman–Crippen LogP) is 2.36. The number of hydrogen-bond donors (Lipinski definition) is 1. The lowest BCUT2D eigenvalue weighted by Crippen LogP contribution is -2.32. The molecule has 14 heavy (non-hydrogen) atoms. The van der Waals surface area contributed by atoms with Crippen LogP contribution in [0.1, 0.15) is 19.4 Å². The minimum Gasteiger partial charge on any atom is -0.492 e. The standard InChI is InChI=1S/C12H19NO/c1-9(2)12(13)8-14-11-6-4-10(3)5-7-11/h4-7,9,12H,8,13H2,1-3H3/t12-/m1/s1. The summed E-state index contributed by atoms with van der Waals surface area (Å²) in [6, 6.07) is 8.13. The van der Waals surface area contributed by atoms with Crippen LogP contribution in [-0.2, 0) is 0 Å². The molecule has 0 bridgehead atoms. The van der Waals surface area contributed by atoms with Gasteiger partial charge in [0.05, 0.1) is 0 Å². The van der Waals surface area contributed by atoms with Gasteiger partial charge in [-0.15, -0.1) is 0 Å². The van der Waals surface area contributed by atoms with Gasteiger partial charge in [0.1, 0.15) is 12.4 Å². The fourth-order valence-corrected chi connectivity index (χ4v) is 1.02. The summed E-state index contributed by atoms with van der Waals surface area (Å²) in [5, 5.41) is 0. The van der Waals surface area contributed by atoms with Crippen molar-refractivity contribution in [1.29, 1.82) is 0 Å². The van der Waals surface area contributed by atoms with Crippen LogP contribution in [0.4, 0.5) is 0 Å². The molecule has 0 amide bonds. The first kappa shape index (κ1) is 11.1. The molecule has 0 aromatic heterocycles. The molecule has 0 heterocycles. The lowest BCUT2D eigenvalue weighted by Gasteiger charge is -2.16. The number of benzene rings is 1. The molecule has 78 valence electrons. The molecule has 0 unspecified atom stereocenters. The molecule has 0 fully saturated rings. The lowest BCUT2D eigenvalue weighted by molar-refractivity contribution is 0.259. The normalized spacial score (nSPS) is 12.9. The Morgan fingerprint density at radius 1 is 1.21 bits per heavy atom.